The van der Waals surface area contributed by atoms with Gasteiger partial charge in [-0.05, 0) is 37.2 Å². The molecule has 0 aromatic heterocycles. The number of alkyl halides is 3. The molecule has 0 radical (unpaired) electrons. The number of halogens is 3. The van der Waals surface area contributed by atoms with Crippen molar-refractivity contribution in [3.63, 3.8) is 0 Å². The number of nitrogens with zero attached hydrogens (tertiary/aromatic N) is 2. The van der Waals surface area contributed by atoms with Gasteiger partial charge in [-0.3, -0.25) is 0 Å². The second kappa shape index (κ2) is 6.66. The fourth-order valence-electron chi connectivity index (χ4n) is 2.71. The van der Waals surface area contributed by atoms with Crippen molar-refractivity contribution in [2.45, 2.75) is 19.5 Å². The van der Waals surface area contributed by atoms with Crippen molar-refractivity contribution in [2.24, 2.45) is 5.73 Å². The second-order valence-electron chi connectivity index (χ2n) is 5.31. The molecule has 0 saturated carbocycles. The largest absolute Gasteiger partial charge is 0.418 e. The average molecular weight is 301 g/mol. The van der Waals surface area contributed by atoms with Crippen LogP contribution in [0.25, 0.3) is 0 Å². The Kier molecular flexibility index (Phi) is 5.11. The van der Waals surface area contributed by atoms with Crippen molar-refractivity contribution in [1.29, 1.82) is 0 Å². The summed E-state index contributed by atoms with van der Waals surface area (Å²) in [6.45, 7) is 6.23. The summed E-state index contributed by atoms with van der Waals surface area (Å²) in [5, 5.41) is 0. The molecule has 2 N–H and O–H groups in total. The van der Waals surface area contributed by atoms with Crippen molar-refractivity contribution in [3.05, 3.63) is 29.3 Å². The van der Waals surface area contributed by atoms with Crippen molar-refractivity contribution in [3.8, 4) is 0 Å². The number of piperazine rings is 1. The first kappa shape index (κ1) is 16.1. The van der Waals surface area contributed by atoms with E-state index in [0.717, 1.165) is 19.6 Å². The van der Waals surface area contributed by atoms with Gasteiger partial charge in [0.2, 0.25) is 0 Å². The van der Waals surface area contributed by atoms with E-state index in [9.17, 15) is 13.2 Å². The SMILES string of the molecule is CCN1CCN(c2ccc(CCN)cc2C(F)(F)F)CC1. The summed E-state index contributed by atoms with van der Waals surface area (Å²) in [7, 11) is 0. The first-order chi connectivity index (χ1) is 9.95. The van der Waals surface area contributed by atoms with Gasteiger partial charge in [-0.15, -0.1) is 0 Å². The van der Waals surface area contributed by atoms with Crippen LogP contribution in [0.5, 0.6) is 0 Å². The van der Waals surface area contributed by atoms with Crippen molar-refractivity contribution in [2.75, 3.05) is 44.2 Å². The third-order valence-electron chi connectivity index (χ3n) is 3.96. The van der Waals surface area contributed by atoms with Crippen LogP contribution in [0.3, 0.4) is 0 Å². The summed E-state index contributed by atoms with van der Waals surface area (Å²) in [5.74, 6) is 0. The van der Waals surface area contributed by atoms with E-state index in [2.05, 4.69) is 11.8 Å². The van der Waals surface area contributed by atoms with Gasteiger partial charge >= 0.3 is 6.18 Å². The van der Waals surface area contributed by atoms with Crippen LogP contribution in [-0.4, -0.2) is 44.2 Å². The number of hydrogen-bond acceptors (Lipinski definition) is 3. The van der Waals surface area contributed by atoms with Crippen molar-refractivity contribution < 1.29 is 13.2 Å². The van der Waals surface area contributed by atoms with Crippen molar-refractivity contribution in [1.82, 2.24) is 4.90 Å². The van der Waals surface area contributed by atoms with Gasteiger partial charge in [0.15, 0.2) is 0 Å². The lowest BCUT2D eigenvalue weighted by Gasteiger charge is -2.36. The third kappa shape index (κ3) is 3.89. The van der Waals surface area contributed by atoms with Gasteiger partial charge in [-0.25, -0.2) is 0 Å². The van der Waals surface area contributed by atoms with E-state index in [1.807, 2.05) is 4.90 Å². The summed E-state index contributed by atoms with van der Waals surface area (Å²) < 4.78 is 39.9. The summed E-state index contributed by atoms with van der Waals surface area (Å²) in [6.07, 6.45) is -3.87. The highest BCUT2D eigenvalue weighted by Gasteiger charge is 2.35. The van der Waals surface area contributed by atoms with E-state index in [1.54, 1.807) is 12.1 Å². The molecule has 1 fully saturated rings. The molecule has 0 amide bonds. The van der Waals surface area contributed by atoms with Gasteiger partial charge in [0.1, 0.15) is 0 Å². The Labute approximate surface area is 123 Å². The summed E-state index contributed by atoms with van der Waals surface area (Å²) >= 11 is 0. The van der Waals surface area contributed by atoms with Crippen LogP contribution in [0.4, 0.5) is 18.9 Å². The minimum atomic E-state index is -4.33. The maximum absolute atomic E-state index is 13.3. The second-order valence-corrected chi connectivity index (χ2v) is 5.31. The standard InChI is InChI=1S/C15H22F3N3/c1-2-20-7-9-21(10-8-20)14-4-3-12(5-6-19)11-13(14)15(16,17)18/h3-4,11H,2,5-10,19H2,1H3. The molecular formula is C15H22F3N3. The lowest BCUT2D eigenvalue weighted by molar-refractivity contribution is -0.137. The average Bonchev–Trinajstić information content (AvgIpc) is 2.47. The zero-order chi connectivity index (χ0) is 15.5. The zero-order valence-electron chi connectivity index (χ0n) is 12.3. The van der Waals surface area contributed by atoms with Crippen LogP contribution in [0.1, 0.15) is 18.1 Å². The molecule has 1 aromatic carbocycles. The van der Waals surface area contributed by atoms with Gasteiger partial charge in [0, 0.05) is 31.9 Å². The molecule has 0 spiro atoms. The first-order valence-corrected chi connectivity index (χ1v) is 7.33. The van der Waals surface area contributed by atoms with Crippen LogP contribution in [0.15, 0.2) is 18.2 Å². The predicted octanol–water partition coefficient (Wildman–Crippen LogP) is 2.35. The van der Waals surface area contributed by atoms with E-state index < -0.39 is 11.7 Å². The van der Waals surface area contributed by atoms with E-state index in [1.165, 1.54) is 6.07 Å². The Morgan fingerprint density at radius 3 is 2.33 bits per heavy atom. The van der Waals surface area contributed by atoms with Gasteiger partial charge < -0.3 is 15.5 Å². The molecule has 6 heteroatoms. The lowest BCUT2D eigenvalue weighted by atomic mass is 10.0. The Hall–Kier alpha value is -1.27. The molecule has 0 atom stereocenters. The maximum atomic E-state index is 13.3. The first-order valence-electron chi connectivity index (χ1n) is 7.33. The van der Waals surface area contributed by atoms with E-state index in [0.29, 0.717) is 37.3 Å². The number of benzene rings is 1. The zero-order valence-corrected chi connectivity index (χ0v) is 12.3. The van der Waals surface area contributed by atoms with Gasteiger partial charge in [0.05, 0.1) is 5.56 Å². The number of anilines is 1. The molecule has 0 unspecified atom stereocenters. The van der Waals surface area contributed by atoms with Crippen LogP contribution in [-0.2, 0) is 12.6 Å². The monoisotopic (exact) mass is 301 g/mol. The third-order valence-corrected chi connectivity index (χ3v) is 3.96. The predicted molar refractivity (Wildman–Crippen MR) is 78.5 cm³/mol. The van der Waals surface area contributed by atoms with Crippen LogP contribution in [0, 0.1) is 0 Å². The highest BCUT2D eigenvalue weighted by atomic mass is 19.4. The Bertz CT molecular complexity index is 466. The van der Waals surface area contributed by atoms with Crippen molar-refractivity contribution >= 4 is 5.69 Å². The molecule has 0 bridgehead atoms. The smallest absolute Gasteiger partial charge is 0.368 e. The fraction of sp³-hybridized carbons (Fsp3) is 0.600. The Morgan fingerprint density at radius 2 is 1.81 bits per heavy atom. The lowest BCUT2D eigenvalue weighted by Crippen LogP contribution is -2.46. The molecule has 1 aliphatic heterocycles. The number of nitrogens with two attached hydrogens (primary N) is 1. The normalized spacial score (nSPS) is 17.3. The molecule has 2 rings (SSSR count). The number of likely N-dealkylation sites (N-methyl/N-ethyl adjacent to an activating group) is 1. The molecule has 1 heterocycles. The number of rotatable bonds is 4. The maximum Gasteiger partial charge on any atom is 0.418 e. The molecular weight excluding hydrogens is 279 g/mol. The minimum absolute atomic E-state index is 0.291. The highest BCUT2D eigenvalue weighted by molar-refractivity contribution is 5.57. The van der Waals surface area contributed by atoms with E-state index >= 15 is 0 Å². The van der Waals surface area contributed by atoms with Gasteiger partial charge in [0.25, 0.3) is 0 Å². The molecule has 118 valence electrons. The minimum Gasteiger partial charge on any atom is -0.368 e. The van der Waals surface area contributed by atoms with E-state index in [-0.39, 0.29) is 0 Å². The molecule has 1 saturated heterocycles. The summed E-state index contributed by atoms with van der Waals surface area (Å²) in [6, 6.07) is 4.59. The fourth-order valence-corrected chi connectivity index (χ4v) is 2.71. The van der Waals surface area contributed by atoms with Crippen LogP contribution < -0.4 is 10.6 Å². The summed E-state index contributed by atoms with van der Waals surface area (Å²) in [4.78, 5) is 4.08. The summed E-state index contributed by atoms with van der Waals surface area (Å²) in [5.41, 5.74) is 5.82. The highest BCUT2D eigenvalue weighted by Crippen LogP contribution is 2.37. The van der Waals surface area contributed by atoms with Gasteiger partial charge in [-0.1, -0.05) is 13.0 Å². The topological polar surface area (TPSA) is 32.5 Å². The van der Waals surface area contributed by atoms with Gasteiger partial charge in [-0.2, -0.15) is 13.2 Å². The molecule has 21 heavy (non-hydrogen) atoms. The Balaban J connectivity index is 2.26. The molecule has 1 aliphatic rings. The van der Waals surface area contributed by atoms with Crippen LogP contribution >= 0.6 is 0 Å². The quantitative estimate of drug-likeness (QED) is 0.926. The van der Waals surface area contributed by atoms with E-state index in [4.69, 9.17) is 5.73 Å². The Morgan fingerprint density at radius 1 is 1.14 bits per heavy atom. The molecule has 0 aliphatic carbocycles. The number of hydrogen-bond donors (Lipinski definition) is 1. The molecule has 1 aromatic rings. The van der Waals surface area contributed by atoms with Crippen LogP contribution in [0.2, 0.25) is 0 Å². The molecule has 3 nitrogen and oxygen atoms in total.